The molecule has 0 radical (unpaired) electrons. The van der Waals surface area contributed by atoms with Crippen molar-refractivity contribution in [1.82, 2.24) is 0 Å². The molecule has 0 saturated heterocycles. The van der Waals surface area contributed by atoms with Gasteiger partial charge in [-0.3, -0.25) is 4.79 Å². The van der Waals surface area contributed by atoms with Crippen molar-refractivity contribution in [3.05, 3.63) is 29.8 Å². The molecule has 1 aromatic carbocycles. The highest BCUT2D eigenvalue weighted by Gasteiger charge is 2.27. The maximum atomic E-state index is 12.4. The van der Waals surface area contributed by atoms with Crippen LogP contribution in [0.3, 0.4) is 0 Å². The number of esters is 1. The molecule has 24 heavy (non-hydrogen) atoms. The van der Waals surface area contributed by atoms with Gasteiger partial charge in [0.05, 0.1) is 5.92 Å². The maximum Gasteiger partial charge on any atom is 0.314 e. The van der Waals surface area contributed by atoms with Crippen molar-refractivity contribution >= 4 is 5.97 Å². The molecule has 0 unspecified atom stereocenters. The lowest BCUT2D eigenvalue weighted by atomic mass is 9.80. The summed E-state index contributed by atoms with van der Waals surface area (Å²) in [5.41, 5.74) is 1.41. The summed E-state index contributed by atoms with van der Waals surface area (Å²) in [6.45, 7) is 2.25. The van der Waals surface area contributed by atoms with Crippen molar-refractivity contribution < 1.29 is 9.53 Å². The third kappa shape index (κ3) is 4.62. The zero-order chi connectivity index (χ0) is 16.8. The summed E-state index contributed by atoms with van der Waals surface area (Å²) in [6, 6.07) is 8.31. The molecule has 2 aliphatic carbocycles. The van der Waals surface area contributed by atoms with E-state index < -0.39 is 0 Å². The van der Waals surface area contributed by atoms with Crippen LogP contribution in [0.5, 0.6) is 5.75 Å². The first kappa shape index (κ1) is 17.5. The van der Waals surface area contributed by atoms with E-state index in [2.05, 4.69) is 19.1 Å². The molecular formula is C22H32O2. The van der Waals surface area contributed by atoms with Crippen LogP contribution in [0.1, 0.15) is 89.0 Å². The molecular weight excluding hydrogens is 296 g/mol. The maximum absolute atomic E-state index is 12.4. The van der Waals surface area contributed by atoms with E-state index in [-0.39, 0.29) is 11.9 Å². The molecule has 0 N–H and O–H groups in total. The molecule has 0 atom stereocenters. The highest BCUT2D eigenvalue weighted by molar-refractivity contribution is 5.75. The van der Waals surface area contributed by atoms with Crippen LogP contribution >= 0.6 is 0 Å². The first-order valence-electron chi connectivity index (χ1n) is 10.1. The summed E-state index contributed by atoms with van der Waals surface area (Å²) in [7, 11) is 0. The summed E-state index contributed by atoms with van der Waals surface area (Å²) < 4.78 is 5.65. The molecule has 0 aliphatic heterocycles. The van der Waals surface area contributed by atoms with Crippen molar-refractivity contribution in [2.75, 3.05) is 0 Å². The fraction of sp³-hybridized carbons (Fsp3) is 0.682. The average Bonchev–Trinajstić information content (AvgIpc) is 2.64. The quantitative estimate of drug-likeness (QED) is 0.472. The van der Waals surface area contributed by atoms with Crippen LogP contribution in [0.2, 0.25) is 0 Å². The van der Waals surface area contributed by atoms with Gasteiger partial charge in [-0.2, -0.15) is 0 Å². The van der Waals surface area contributed by atoms with Crippen molar-refractivity contribution in [1.29, 1.82) is 0 Å². The molecule has 2 saturated carbocycles. The van der Waals surface area contributed by atoms with Gasteiger partial charge in [0.2, 0.25) is 0 Å². The van der Waals surface area contributed by atoms with Crippen molar-refractivity contribution in [3.63, 3.8) is 0 Å². The van der Waals surface area contributed by atoms with E-state index in [1.807, 2.05) is 12.1 Å². The molecule has 0 aromatic heterocycles. The zero-order valence-electron chi connectivity index (χ0n) is 15.1. The first-order chi connectivity index (χ1) is 11.8. The second kappa shape index (κ2) is 8.69. The molecule has 0 amide bonds. The second-order valence-corrected chi connectivity index (χ2v) is 7.83. The standard InChI is InChI=1S/C22H32O2/c1-2-6-17-9-11-20(12-10-17)22(23)24-21-15-13-19(14-16-21)18-7-4-3-5-8-18/h13-18,20H,2-12H2,1H3. The zero-order valence-corrected chi connectivity index (χ0v) is 15.1. The summed E-state index contributed by atoms with van der Waals surface area (Å²) in [6.07, 6.45) is 13.6. The lowest BCUT2D eigenvalue weighted by Crippen LogP contribution is -2.25. The number of rotatable bonds is 5. The SMILES string of the molecule is CCCC1CCC(C(=O)Oc2ccc(C3CCCCC3)cc2)CC1. The molecule has 2 aliphatic rings. The Morgan fingerprint density at radius 2 is 1.62 bits per heavy atom. The smallest absolute Gasteiger partial charge is 0.314 e. The Morgan fingerprint density at radius 1 is 0.958 bits per heavy atom. The molecule has 2 nitrogen and oxygen atoms in total. The Bertz CT molecular complexity index is 505. The highest BCUT2D eigenvalue weighted by Crippen LogP contribution is 2.34. The van der Waals surface area contributed by atoms with Gasteiger partial charge in [-0.25, -0.2) is 0 Å². The van der Waals surface area contributed by atoms with Crippen LogP contribution in [0, 0.1) is 11.8 Å². The predicted octanol–water partition coefficient (Wildman–Crippen LogP) is 6.25. The van der Waals surface area contributed by atoms with Crippen LogP contribution in [-0.2, 0) is 4.79 Å². The Kier molecular flexibility index (Phi) is 6.34. The predicted molar refractivity (Wildman–Crippen MR) is 98.3 cm³/mol. The van der Waals surface area contributed by atoms with Crippen LogP contribution in [0.25, 0.3) is 0 Å². The van der Waals surface area contributed by atoms with Crippen molar-refractivity contribution in [3.8, 4) is 5.75 Å². The Morgan fingerprint density at radius 3 is 2.25 bits per heavy atom. The van der Waals surface area contributed by atoms with E-state index in [1.165, 1.54) is 63.4 Å². The van der Waals surface area contributed by atoms with Crippen molar-refractivity contribution in [2.45, 2.75) is 83.5 Å². The Labute approximate surface area is 147 Å². The van der Waals surface area contributed by atoms with Gasteiger partial charge in [0.1, 0.15) is 5.75 Å². The summed E-state index contributed by atoms with van der Waals surface area (Å²) >= 11 is 0. The third-order valence-electron chi connectivity index (χ3n) is 6.05. The summed E-state index contributed by atoms with van der Waals surface area (Å²) in [5, 5.41) is 0. The fourth-order valence-corrected chi connectivity index (χ4v) is 4.54. The minimum Gasteiger partial charge on any atom is -0.426 e. The van der Waals surface area contributed by atoms with Crippen LogP contribution in [-0.4, -0.2) is 5.97 Å². The van der Waals surface area contributed by atoms with Gasteiger partial charge in [-0.05, 0) is 68.1 Å². The van der Waals surface area contributed by atoms with Crippen LogP contribution in [0.15, 0.2) is 24.3 Å². The Hall–Kier alpha value is -1.31. The highest BCUT2D eigenvalue weighted by atomic mass is 16.5. The van der Waals surface area contributed by atoms with Gasteiger partial charge < -0.3 is 4.74 Å². The number of hydrogen-bond donors (Lipinski definition) is 0. The molecule has 3 rings (SSSR count). The number of benzene rings is 1. The molecule has 0 heterocycles. The lowest BCUT2D eigenvalue weighted by Gasteiger charge is -2.27. The molecule has 0 bridgehead atoms. The number of hydrogen-bond acceptors (Lipinski definition) is 2. The van der Waals surface area contributed by atoms with Gasteiger partial charge in [0, 0.05) is 0 Å². The number of carbonyl (C=O) groups is 1. The van der Waals surface area contributed by atoms with Crippen LogP contribution in [0.4, 0.5) is 0 Å². The second-order valence-electron chi connectivity index (χ2n) is 7.83. The van der Waals surface area contributed by atoms with Crippen LogP contribution < -0.4 is 4.74 Å². The van der Waals surface area contributed by atoms with E-state index in [0.717, 1.165) is 24.5 Å². The average molecular weight is 328 g/mol. The molecule has 1 aromatic rings. The van der Waals surface area contributed by atoms with Gasteiger partial charge in [-0.15, -0.1) is 0 Å². The molecule has 132 valence electrons. The van der Waals surface area contributed by atoms with Gasteiger partial charge >= 0.3 is 5.97 Å². The fourth-order valence-electron chi connectivity index (χ4n) is 4.54. The van der Waals surface area contributed by atoms with E-state index in [0.29, 0.717) is 5.92 Å². The van der Waals surface area contributed by atoms with Gasteiger partial charge in [0.25, 0.3) is 0 Å². The monoisotopic (exact) mass is 328 g/mol. The summed E-state index contributed by atoms with van der Waals surface area (Å²) in [4.78, 5) is 12.4. The number of carbonyl (C=O) groups excluding carboxylic acids is 1. The minimum absolute atomic E-state index is 0.0182. The third-order valence-corrected chi connectivity index (χ3v) is 6.05. The minimum atomic E-state index is -0.0182. The number of ether oxygens (including phenoxy) is 1. The molecule has 2 heteroatoms. The summed E-state index contributed by atoms with van der Waals surface area (Å²) in [5.74, 6) is 2.34. The topological polar surface area (TPSA) is 26.3 Å². The Balaban J connectivity index is 1.49. The van der Waals surface area contributed by atoms with Gasteiger partial charge in [0.15, 0.2) is 0 Å². The molecule has 2 fully saturated rings. The van der Waals surface area contributed by atoms with E-state index in [1.54, 1.807) is 0 Å². The van der Waals surface area contributed by atoms with E-state index >= 15 is 0 Å². The largest absolute Gasteiger partial charge is 0.426 e. The van der Waals surface area contributed by atoms with Crippen molar-refractivity contribution in [2.24, 2.45) is 11.8 Å². The molecule has 0 spiro atoms. The van der Waals surface area contributed by atoms with Gasteiger partial charge in [-0.1, -0.05) is 51.2 Å². The van der Waals surface area contributed by atoms with E-state index in [4.69, 9.17) is 4.74 Å². The normalized spacial score (nSPS) is 25.4. The van der Waals surface area contributed by atoms with E-state index in [9.17, 15) is 4.79 Å². The lowest BCUT2D eigenvalue weighted by molar-refractivity contribution is -0.140. The first-order valence-corrected chi connectivity index (χ1v) is 10.1.